The summed E-state index contributed by atoms with van der Waals surface area (Å²) in [5.41, 5.74) is 5.10. The minimum atomic E-state index is -0.452. The van der Waals surface area contributed by atoms with Gasteiger partial charge in [-0.3, -0.25) is 9.88 Å². The third-order valence-corrected chi connectivity index (χ3v) is 6.04. The molecule has 0 spiro atoms. The molecule has 144 valence electrons. The van der Waals surface area contributed by atoms with Crippen LogP contribution in [-0.4, -0.2) is 34.7 Å². The van der Waals surface area contributed by atoms with Crippen LogP contribution in [0.1, 0.15) is 54.7 Å². The summed E-state index contributed by atoms with van der Waals surface area (Å²) >= 11 is 0. The molecule has 1 aliphatic carbocycles. The number of likely N-dealkylation sites (tertiary alicyclic amines) is 1. The number of hydrogen-bond acceptors (Lipinski definition) is 4. The standard InChI is InChI=1S/C23H30N2O2/c1-2-27-22-15-19-7-5-6-18(19)14-20(22)16-25-12-9-17(10-13-25)23(26)21-8-3-4-11-24-21/h3-4,8,11,14-15,17,23,26H,2,5-7,9-10,12-13,16H2,1H3. The zero-order valence-corrected chi connectivity index (χ0v) is 16.2. The minimum Gasteiger partial charge on any atom is -0.494 e. The predicted octanol–water partition coefficient (Wildman–Crippen LogP) is 3.91. The number of piperidine rings is 1. The molecule has 0 saturated carbocycles. The van der Waals surface area contributed by atoms with E-state index in [0.29, 0.717) is 12.5 Å². The third-order valence-electron chi connectivity index (χ3n) is 6.04. The van der Waals surface area contributed by atoms with E-state index in [0.717, 1.165) is 43.9 Å². The second-order valence-electron chi connectivity index (χ2n) is 7.83. The Kier molecular flexibility index (Phi) is 5.74. The van der Waals surface area contributed by atoms with Crippen molar-refractivity contribution in [2.75, 3.05) is 19.7 Å². The molecule has 1 fully saturated rings. The lowest BCUT2D eigenvalue weighted by atomic mass is 9.89. The molecule has 1 atom stereocenters. The number of fused-ring (bicyclic) bond motifs is 1. The van der Waals surface area contributed by atoms with Gasteiger partial charge in [-0.05, 0) is 87.4 Å². The van der Waals surface area contributed by atoms with Gasteiger partial charge in [0.25, 0.3) is 0 Å². The lowest BCUT2D eigenvalue weighted by Gasteiger charge is -2.34. The highest BCUT2D eigenvalue weighted by Crippen LogP contribution is 2.33. The number of nitrogens with zero attached hydrogens (tertiary/aromatic N) is 2. The summed E-state index contributed by atoms with van der Waals surface area (Å²) in [6.07, 6.45) is 6.98. The Hall–Kier alpha value is -1.91. The largest absolute Gasteiger partial charge is 0.494 e. The highest BCUT2D eigenvalue weighted by Gasteiger charge is 2.27. The van der Waals surface area contributed by atoms with E-state index < -0.39 is 6.10 Å². The Morgan fingerprint density at radius 1 is 1.19 bits per heavy atom. The zero-order valence-electron chi connectivity index (χ0n) is 16.2. The van der Waals surface area contributed by atoms with Gasteiger partial charge in [-0.1, -0.05) is 12.1 Å². The fourth-order valence-electron chi connectivity index (χ4n) is 4.53. The maximum atomic E-state index is 10.6. The summed E-state index contributed by atoms with van der Waals surface area (Å²) in [6.45, 7) is 5.73. The predicted molar refractivity (Wildman–Crippen MR) is 107 cm³/mol. The van der Waals surface area contributed by atoms with Crippen LogP contribution in [-0.2, 0) is 19.4 Å². The average Bonchev–Trinajstić information content (AvgIpc) is 3.16. The molecule has 0 amide bonds. The molecule has 1 N–H and O–H groups in total. The Bertz CT molecular complexity index is 754. The van der Waals surface area contributed by atoms with Crippen molar-refractivity contribution < 1.29 is 9.84 Å². The molecule has 2 aliphatic rings. The van der Waals surface area contributed by atoms with Crippen LogP contribution < -0.4 is 4.74 Å². The highest BCUT2D eigenvalue weighted by atomic mass is 16.5. The van der Waals surface area contributed by atoms with E-state index in [1.165, 1.54) is 36.0 Å². The Morgan fingerprint density at radius 2 is 1.96 bits per heavy atom. The maximum Gasteiger partial charge on any atom is 0.124 e. The summed E-state index contributed by atoms with van der Waals surface area (Å²) < 4.78 is 5.95. The summed E-state index contributed by atoms with van der Waals surface area (Å²) in [5.74, 6) is 1.36. The molecular formula is C23H30N2O2. The van der Waals surface area contributed by atoms with Gasteiger partial charge >= 0.3 is 0 Å². The topological polar surface area (TPSA) is 45.6 Å². The van der Waals surface area contributed by atoms with Gasteiger partial charge in [0.2, 0.25) is 0 Å². The number of rotatable bonds is 6. The van der Waals surface area contributed by atoms with Gasteiger partial charge in [0.15, 0.2) is 0 Å². The van der Waals surface area contributed by atoms with Gasteiger partial charge in [0.1, 0.15) is 5.75 Å². The van der Waals surface area contributed by atoms with Gasteiger partial charge in [-0.25, -0.2) is 0 Å². The van der Waals surface area contributed by atoms with E-state index in [2.05, 4.69) is 28.9 Å². The van der Waals surface area contributed by atoms with E-state index in [1.807, 2.05) is 18.2 Å². The quantitative estimate of drug-likeness (QED) is 0.842. The SMILES string of the molecule is CCOc1cc2c(cc1CN1CCC(C(O)c3ccccn3)CC1)CCC2. The van der Waals surface area contributed by atoms with Crippen molar-refractivity contribution in [1.82, 2.24) is 9.88 Å². The average molecular weight is 367 g/mol. The molecule has 0 bridgehead atoms. The van der Waals surface area contributed by atoms with E-state index in [4.69, 9.17) is 4.74 Å². The number of aliphatic hydroxyl groups excluding tert-OH is 1. The van der Waals surface area contributed by atoms with Crippen LogP contribution in [0.4, 0.5) is 0 Å². The second kappa shape index (κ2) is 8.41. The first-order chi connectivity index (χ1) is 13.2. The Balaban J connectivity index is 1.39. The first-order valence-corrected chi connectivity index (χ1v) is 10.3. The smallest absolute Gasteiger partial charge is 0.124 e. The zero-order chi connectivity index (χ0) is 18.6. The van der Waals surface area contributed by atoms with E-state index in [-0.39, 0.29) is 0 Å². The van der Waals surface area contributed by atoms with Gasteiger partial charge < -0.3 is 9.84 Å². The highest BCUT2D eigenvalue weighted by molar-refractivity contribution is 5.45. The first kappa shape index (κ1) is 18.5. The summed E-state index contributed by atoms with van der Waals surface area (Å²) in [5, 5.41) is 10.6. The molecule has 1 aliphatic heterocycles. The van der Waals surface area contributed by atoms with Gasteiger partial charge in [0, 0.05) is 18.3 Å². The first-order valence-electron chi connectivity index (χ1n) is 10.3. The summed E-state index contributed by atoms with van der Waals surface area (Å²) in [7, 11) is 0. The van der Waals surface area contributed by atoms with Crippen LogP contribution in [0.15, 0.2) is 36.5 Å². The van der Waals surface area contributed by atoms with Gasteiger partial charge in [0.05, 0.1) is 18.4 Å². The van der Waals surface area contributed by atoms with Crippen LogP contribution in [0.3, 0.4) is 0 Å². The van der Waals surface area contributed by atoms with Crippen LogP contribution in [0.5, 0.6) is 5.75 Å². The molecule has 4 rings (SSSR count). The van der Waals surface area contributed by atoms with Crippen LogP contribution >= 0.6 is 0 Å². The molecule has 0 radical (unpaired) electrons. The van der Waals surface area contributed by atoms with E-state index in [1.54, 1.807) is 6.20 Å². The lowest BCUT2D eigenvalue weighted by Crippen LogP contribution is -2.35. The number of benzene rings is 1. The monoisotopic (exact) mass is 366 g/mol. The Labute approximate surface area is 162 Å². The normalized spacial score (nSPS) is 19.0. The number of aromatic nitrogens is 1. The van der Waals surface area contributed by atoms with Crippen LogP contribution in [0.25, 0.3) is 0 Å². The number of aliphatic hydroxyl groups is 1. The number of hydrogen-bond donors (Lipinski definition) is 1. The van der Waals surface area contributed by atoms with E-state index in [9.17, 15) is 5.11 Å². The number of ether oxygens (including phenoxy) is 1. The number of pyridine rings is 1. The molecular weight excluding hydrogens is 336 g/mol. The van der Waals surface area contributed by atoms with Crippen molar-refractivity contribution >= 4 is 0 Å². The molecule has 1 aromatic heterocycles. The molecule has 1 unspecified atom stereocenters. The van der Waals surface area contributed by atoms with Crippen molar-refractivity contribution in [2.24, 2.45) is 5.92 Å². The molecule has 2 aromatic rings. The molecule has 2 heterocycles. The fourth-order valence-corrected chi connectivity index (χ4v) is 4.53. The van der Waals surface area contributed by atoms with Crippen molar-refractivity contribution in [3.63, 3.8) is 0 Å². The maximum absolute atomic E-state index is 10.6. The fraction of sp³-hybridized carbons (Fsp3) is 0.522. The lowest BCUT2D eigenvalue weighted by molar-refractivity contribution is 0.0537. The molecule has 4 nitrogen and oxygen atoms in total. The van der Waals surface area contributed by atoms with Crippen LogP contribution in [0.2, 0.25) is 0 Å². The van der Waals surface area contributed by atoms with Crippen LogP contribution in [0, 0.1) is 5.92 Å². The van der Waals surface area contributed by atoms with Crippen molar-refractivity contribution in [3.05, 3.63) is 58.9 Å². The second-order valence-corrected chi connectivity index (χ2v) is 7.83. The molecule has 27 heavy (non-hydrogen) atoms. The summed E-state index contributed by atoms with van der Waals surface area (Å²) in [6, 6.07) is 10.4. The molecule has 1 aromatic carbocycles. The van der Waals surface area contributed by atoms with Gasteiger partial charge in [-0.15, -0.1) is 0 Å². The van der Waals surface area contributed by atoms with Gasteiger partial charge in [-0.2, -0.15) is 0 Å². The van der Waals surface area contributed by atoms with Crippen molar-refractivity contribution in [3.8, 4) is 5.75 Å². The number of aryl methyl sites for hydroxylation is 2. The van der Waals surface area contributed by atoms with E-state index >= 15 is 0 Å². The summed E-state index contributed by atoms with van der Waals surface area (Å²) in [4.78, 5) is 6.83. The molecule has 4 heteroatoms. The third kappa shape index (κ3) is 4.17. The van der Waals surface area contributed by atoms with Crippen molar-refractivity contribution in [2.45, 2.75) is 51.7 Å². The molecule has 1 saturated heterocycles. The minimum absolute atomic E-state index is 0.294. The van der Waals surface area contributed by atoms with Crippen molar-refractivity contribution in [1.29, 1.82) is 0 Å². The Morgan fingerprint density at radius 3 is 2.67 bits per heavy atom.